The fourth-order valence-electron chi connectivity index (χ4n) is 4.51. The van der Waals surface area contributed by atoms with E-state index in [0.717, 1.165) is 37.9 Å². The SMILES string of the molecule is Nc1cccc(C(F)(F)F)c1C1CCC(Oc2cc(N3CCNCC3)ccn2)CC1. The molecule has 1 aliphatic heterocycles. The molecule has 0 amide bonds. The van der Waals surface area contributed by atoms with Gasteiger partial charge in [0.05, 0.1) is 5.56 Å². The molecule has 0 radical (unpaired) electrons. The van der Waals surface area contributed by atoms with Crippen LogP contribution in [0.1, 0.15) is 42.7 Å². The summed E-state index contributed by atoms with van der Waals surface area (Å²) in [5.74, 6) is 0.368. The molecular weight excluding hydrogens is 393 g/mol. The number of halogens is 3. The first kappa shape index (κ1) is 20.8. The second-order valence-corrected chi connectivity index (χ2v) is 7.99. The maximum absolute atomic E-state index is 13.4. The van der Waals surface area contributed by atoms with Crippen molar-refractivity contribution in [3.63, 3.8) is 0 Å². The minimum Gasteiger partial charge on any atom is -0.474 e. The summed E-state index contributed by atoms with van der Waals surface area (Å²) in [6.45, 7) is 3.78. The molecule has 0 atom stereocenters. The smallest absolute Gasteiger partial charge is 0.416 e. The van der Waals surface area contributed by atoms with E-state index in [9.17, 15) is 13.2 Å². The van der Waals surface area contributed by atoms with E-state index in [-0.39, 0.29) is 23.3 Å². The Balaban J connectivity index is 1.40. The number of piperazine rings is 1. The van der Waals surface area contributed by atoms with Gasteiger partial charge in [-0.1, -0.05) is 6.07 Å². The van der Waals surface area contributed by atoms with E-state index in [0.29, 0.717) is 31.6 Å². The molecule has 2 fully saturated rings. The van der Waals surface area contributed by atoms with E-state index >= 15 is 0 Å². The number of nitrogen functional groups attached to an aromatic ring is 1. The predicted octanol–water partition coefficient (Wildman–Crippen LogP) is 4.20. The van der Waals surface area contributed by atoms with E-state index in [1.54, 1.807) is 12.3 Å². The molecule has 0 spiro atoms. The number of nitrogens with zero attached hydrogens (tertiary/aromatic N) is 2. The molecule has 1 aromatic heterocycles. The van der Waals surface area contributed by atoms with Gasteiger partial charge in [-0.05, 0) is 55.4 Å². The van der Waals surface area contributed by atoms with Crippen LogP contribution in [0.15, 0.2) is 36.5 Å². The van der Waals surface area contributed by atoms with Crippen molar-refractivity contribution in [2.45, 2.75) is 43.9 Å². The lowest BCUT2D eigenvalue weighted by Gasteiger charge is -2.32. The molecule has 3 N–H and O–H groups in total. The molecule has 162 valence electrons. The van der Waals surface area contributed by atoms with Gasteiger partial charge in [-0.15, -0.1) is 0 Å². The fraction of sp³-hybridized carbons (Fsp3) is 0.500. The molecule has 4 rings (SSSR count). The van der Waals surface area contributed by atoms with Gasteiger partial charge in [0.15, 0.2) is 0 Å². The summed E-state index contributed by atoms with van der Waals surface area (Å²) < 4.78 is 46.4. The van der Waals surface area contributed by atoms with Crippen LogP contribution in [0.3, 0.4) is 0 Å². The predicted molar refractivity (Wildman–Crippen MR) is 111 cm³/mol. The summed E-state index contributed by atoms with van der Waals surface area (Å²) in [5.41, 5.74) is 6.88. The Morgan fingerprint density at radius 3 is 2.50 bits per heavy atom. The highest BCUT2D eigenvalue weighted by molar-refractivity contribution is 5.54. The second-order valence-electron chi connectivity index (χ2n) is 7.99. The number of hydrogen-bond acceptors (Lipinski definition) is 5. The van der Waals surface area contributed by atoms with E-state index in [1.165, 1.54) is 6.07 Å². The van der Waals surface area contributed by atoms with Crippen LogP contribution in [0.4, 0.5) is 24.5 Å². The van der Waals surface area contributed by atoms with Crippen molar-refractivity contribution in [3.8, 4) is 5.88 Å². The Hall–Kier alpha value is -2.48. The fourth-order valence-corrected chi connectivity index (χ4v) is 4.51. The number of rotatable bonds is 4. The zero-order valence-electron chi connectivity index (χ0n) is 16.8. The van der Waals surface area contributed by atoms with Crippen molar-refractivity contribution < 1.29 is 17.9 Å². The normalized spacial score (nSPS) is 22.7. The molecule has 1 saturated heterocycles. The number of alkyl halides is 3. The number of ether oxygens (including phenoxy) is 1. The van der Waals surface area contributed by atoms with Crippen LogP contribution >= 0.6 is 0 Å². The third-order valence-electron chi connectivity index (χ3n) is 6.02. The third-order valence-corrected chi connectivity index (χ3v) is 6.02. The Labute approximate surface area is 174 Å². The number of pyridine rings is 1. The van der Waals surface area contributed by atoms with Crippen molar-refractivity contribution in [2.75, 3.05) is 36.8 Å². The number of anilines is 2. The van der Waals surface area contributed by atoms with Gasteiger partial charge < -0.3 is 20.7 Å². The highest BCUT2D eigenvalue weighted by Crippen LogP contribution is 2.43. The van der Waals surface area contributed by atoms with Crippen molar-refractivity contribution >= 4 is 11.4 Å². The molecule has 5 nitrogen and oxygen atoms in total. The lowest BCUT2D eigenvalue weighted by Crippen LogP contribution is -2.43. The van der Waals surface area contributed by atoms with E-state index in [2.05, 4.69) is 15.2 Å². The van der Waals surface area contributed by atoms with Crippen LogP contribution < -0.4 is 20.7 Å². The van der Waals surface area contributed by atoms with E-state index in [4.69, 9.17) is 10.5 Å². The van der Waals surface area contributed by atoms with Gasteiger partial charge in [0.2, 0.25) is 5.88 Å². The number of nitrogens with one attached hydrogen (secondary N) is 1. The first-order chi connectivity index (χ1) is 14.4. The van der Waals surface area contributed by atoms with Crippen LogP contribution in [0.2, 0.25) is 0 Å². The van der Waals surface area contributed by atoms with Crippen LogP contribution in [-0.4, -0.2) is 37.3 Å². The van der Waals surface area contributed by atoms with Gasteiger partial charge >= 0.3 is 6.18 Å². The van der Waals surface area contributed by atoms with Crippen molar-refractivity contribution in [3.05, 3.63) is 47.7 Å². The topological polar surface area (TPSA) is 63.4 Å². The molecular formula is C22H27F3N4O. The summed E-state index contributed by atoms with van der Waals surface area (Å²) >= 11 is 0. The van der Waals surface area contributed by atoms with Gasteiger partial charge in [0.1, 0.15) is 6.10 Å². The summed E-state index contributed by atoms with van der Waals surface area (Å²) in [4.78, 5) is 6.62. The maximum Gasteiger partial charge on any atom is 0.416 e. The standard InChI is InChI=1S/C22H27F3N4O/c23-22(24,25)18-2-1-3-19(26)21(18)15-4-6-17(7-5-15)30-20-14-16(8-9-28-20)29-12-10-27-11-13-29/h1-3,8-9,14-15,17,27H,4-7,10-13,26H2. The summed E-state index contributed by atoms with van der Waals surface area (Å²) in [6, 6.07) is 7.98. The van der Waals surface area contributed by atoms with Gasteiger partial charge in [-0.3, -0.25) is 0 Å². The van der Waals surface area contributed by atoms with Crippen LogP contribution in [0, 0.1) is 0 Å². The molecule has 1 aliphatic carbocycles. The Morgan fingerprint density at radius 1 is 1.07 bits per heavy atom. The average Bonchev–Trinajstić information content (AvgIpc) is 2.74. The highest BCUT2D eigenvalue weighted by atomic mass is 19.4. The van der Waals surface area contributed by atoms with Crippen LogP contribution in [0.25, 0.3) is 0 Å². The van der Waals surface area contributed by atoms with Crippen LogP contribution in [0.5, 0.6) is 5.88 Å². The minimum absolute atomic E-state index is 0.0497. The first-order valence-electron chi connectivity index (χ1n) is 10.5. The first-order valence-corrected chi connectivity index (χ1v) is 10.5. The molecule has 8 heteroatoms. The largest absolute Gasteiger partial charge is 0.474 e. The zero-order chi connectivity index (χ0) is 21.1. The molecule has 30 heavy (non-hydrogen) atoms. The number of nitrogens with two attached hydrogens (primary N) is 1. The van der Waals surface area contributed by atoms with Gasteiger partial charge in [0.25, 0.3) is 0 Å². The second kappa shape index (κ2) is 8.71. The highest BCUT2D eigenvalue weighted by Gasteiger charge is 2.37. The molecule has 2 aromatic rings. The summed E-state index contributed by atoms with van der Waals surface area (Å²) in [5, 5.41) is 3.33. The van der Waals surface area contributed by atoms with Crippen LogP contribution in [-0.2, 0) is 6.18 Å². The van der Waals surface area contributed by atoms with Crippen molar-refractivity contribution in [1.82, 2.24) is 10.3 Å². The number of aromatic nitrogens is 1. The lowest BCUT2D eigenvalue weighted by molar-refractivity contribution is -0.138. The summed E-state index contributed by atoms with van der Waals surface area (Å²) in [7, 11) is 0. The quantitative estimate of drug-likeness (QED) is 0.726. The molecule has 0 bridgehead atoms. The van der Waals surface area contributed by atoms with Crippen molar-refractivity contribution in [2.24, 2.45) is 0 Å². The molecule has 2 aliphatic rings. The number of hydrogen-bond donors (Lipinski definition) is 2. The van der Waals surface area contributed by atoms with Gasteiger partial charge in [0, 0.05) is 49.8 Å². The molecule has 0 unspecified atom stereocenters. The van der Waals surface area contributed by atoms with E-state index in [1.807, 2.05) is 12.1 Å². The molecule has 2 heterocycles. The van der Waals surface area contributed by atoms with Gasteiger partial charge in [-0.25, -0.2) is 4.98 Å². The maximum atomic E-state index is 13.4. The summed E-state index contributed by atoms with van der Waals surface area (Å²) in [6.07, 6.45) is -0.124. The molecule has 1 saturated carbocycles. The zero-order valence-corrected chi connectivity index (χ0v) is 16.8. The molecule has 1 aromatic carbocycles. The average molecular weight is 420 g/mol. The minimum atomic E-state index is -4.40. The van der Waals surface area contributed by atoms with Gasteiger partial charge in [-0.2, -0.15) is 13.2 Å². The number of benzene rings is 1. The Kier molecular flexibility index (Phi) is 6.04. The lowest BCUT2D eigenvalue weighted by atomic mass is 9.80. The Morgan fingerprint density at radius 2 is 1.80 bits per heavy atom. The van der Waals surface area contributed by atoms with Crippen molar-refractivity contribution in [1.29, 1.82) is 0 Å². The third kappa shape index (κ3) is 4.64. The Bertz CT molecular complexity index is 860. The van der Waals surface area contributed by atoms with E-state index < -0.39 is 11.7 Å². The monoisotopic (exact) mass is 420 g/mol.